The van der Waals surface area contributed by atoms with E-state index in [1.807, 2.05) is 0 Å². The lowest BCUT2D eigenvalue weighted by atomic mass is 10.1. The van der Waals surface area contributed by atoms with Crippen LogP contribution in [0.25, 0.3) is 33.5 Å². The van der Waals surface area contributed by atoms with E-state index >= 15 is 4.57 Å². The number of para-hydroxylation sites is 3. The first-order valence-corrected chi connectivity index (χ1v) is 29.0. The second-order valence-electron chi connectivity index (χ2n) is 20.7. The molecule has 12 atom stereocenters. The fraction of sp³-hybridized carbons (Fsp3) is 0.333. The van der Waals surface area contributed by atoms with E-state index in [2.05, 4.69) is 60.8 Å². The Hall–Kier alpha value is -9.73. The molecule has 0 spiro atoms. The predicted molar refractivity (Wildman–Crippen MR) is 311 cm³/mol. The maximum Gasteiger partial charge on any atom is 0.475 e. The number of nitrogens with zero attached hydrogens (tertiary/aromatic N) is 9. The van der Waals surface area contributed by atoms with E-state index in [9.17, 15) is 59.4 Å². The second-order valence-corrected chi connectivity index (χ2v) is 22.3. The van der Waals surface area contributed by atoms with Crippen molar-refractivity contribution < 1.29 is 91.6 Å². The summed E-state index contributed by atoms with van der Waals surface area (Å²) in [5, 5.41) is 76.0. The maximum absolute atomic E-state index is 15.0. The number of fused-ring (bicyclic) bond motifs is 3. The molecule has 3 aromatic carbocycles. The monoisotopic (exact) mass is 1300 g/mol. The van der Waals surface area contributed by atoms with Gasteiger partial charge in [0.2, 0.25) is 17.8 Å². The molecule has 3 aliphatic rings. The Morgan fingerprint density at radius 2 is 0.739 bits per heavy atom. The number of aliphatic hydroxyl groups excluding tert-OH is 6. The van der Waals surface area contributed by atoms with Crippen LogP contribution in [-0.2, 0) is 32.3 Å². The minimum atomic E-state index is -5.24. The van der Waals surface area contributed by atoms with Crippen molar-refractivity contribution in [2.75, 3.05) is 57.1 Å². The molecule has 0 radical (unpaired) electrons. The average Bonchev–Trinajstić information content (AvgIpc) is 1.64. The summed E-state index contributed by atoms with van der Waals surface area (Å²) in [5.74, 6) is -2.60. The van der Waals surface area contributed by atoms with Crippen molar-refractivity contribution in [1.82, 2.24) is 58.6 Å². The number of phosphoric ester groups is 1. The molecule has 92 heavy (non-hydrogen) atoms. The zero-order valence-electron chi connectivity index (χ0n) is 47.9. The van der Waals surface area contributed by atoms with Crippen LogP contribution in [0.4, 0.5) is 17.8 Å². The van der Waals surface area contributed by atoms with E-state index in [1.165, 1.54) is 57.7 Å². The van der Waals surface area contributed by atoms with Gasteiger partial charge >= 0.3 is 7.82 Å². The molecule has 0 unspecified atom stereocenters. The van der Waals surface area contributed by atoms with Gasteiger partial charge in [0.05, 0.1) is 76.8 Å². The summed E-state index contributed by atoms with van der Waals surface area (Å²) in [4.78, 5) is 112. The van der Waals surface area contributed by atoms with Gasteiger partial charge in [-0.1, -0.05) is 36.4 Å². The lowest BCUT2D eigenvalue weighted by Gasteiger charge is -2.24. The number of aliphatic hydroxyl groups is 6. The normalized spacial score (nSPS) is 23.9. The van der Waals surface area contributed by atoms with Crippen molar-refractivity contribution in [2.45, 2.75) is 73.6 Å². The van der Waals surface area contributed by atoms with Gasteiger partial charge in [-0.15, -0.1) is 0 Å². The van der Waals surface area contributed by atoms with Crippen molar-refractivity contribution >= 4 is 76.9 Å². The molecule has 9 aromatic rings. The summed E-state index contributed by atoms with van der Waals surface area (Å²) in [6, 6.07) is 18.7. The highest BCUT2D eigenvalue weighted by Gasteiger charge is 2.50. The topological polar surface area (TPSA) is 500 Å². The maximum atomic E-state index is 15.0. The van der Waals surface area contributed by atoms with Gasteiger partial charge in [0.1, 0.15) is 72.2 Å². The summed E-state index contributed by atoms with van der Waals surface area (Å²) in [7, 11) is -1.17. The van der Waals surface area contributed by atoms with E-state index in [4.69, 9.17) is 42.0 Å². The van der Waals surface area contributed by atoms with Gasteiger partial charge in [0.15, 0.2) is 52.2 Å². The molecular weight excluding hydrogens is 1240 g/mol. The van der Waals surface area contributed by atoms with Crippen LogP contribution in [0.1, 0.15) is 49.8 Å². The number of phosphoric acid groups is 1. The highest BCUT2D eigenvalue weighted by atomic mass is 31.2. The van der Waals surface area contributed by atoms with Crippen molar-refractivity contribution in [3.63, 3.8) is 0 Å². The van der Waals surface area contributed by atoms with Gasteiger partial charge in [-0.2, -0.15) is 15.0 Å². The molecule has 0 aliphatic carbocycles. The Labute approximate surface area is 513 Å². The molecule has 3 saturated heterocycles. The molecule has 38 heteroatoms. The highest BCUT2D eigenvalue weighted by molar-refractivity contribution is 7.48. The van der Waals surface area contributed by atoms with Crippen LogP contribution in [-0.4, -0.2) is 203 Å². The molecule has 0 bridgehead atoms. The van der Waals surface area contributed by atoms with Crippen LogP contribution in [0, 0.1) is 0 Å². The Balaban J connectivity index is 0.785. The number of carbonyl (C=O) groups is 3. The Morgan fingerprint density at radius 3 is 1.01 bits per heavy atom. The van der Waals surface area contributed by atoms with Crippen LogP contribution < -0.4 is 46.8 Å². The quantitative estimate of drug-likeness (QED) is 0.0391. The Kier molecular flexibility index (Phi) is 17.3. The summed E-state index contributed by atoms with van der Waals surface area (Å²) < 4.78 is 69.4. The van der Waals surface area contributed by atoms with E-state index in [1.54, 1.807) is 36.4 Å². The number of hydrogen-bond acceptors (Lipinski definition) is 28. The van der Waals surface area contributed by atoms with E-state index in [0.29, 0.717) is 0 Å². The molecule has 9 heterocycles. The number of nitrogens with one attached hydrogen (secondary N) is 6. The zero-order valence-corrected chi connectivity index (χ0v) is 48.8. The number of methoxy groups -OCH3 is 3. The minimum absolute atomic E-state index is 0.0908. The number of carbonyl (C=O) groups excluding carboxylic acids is 3. The first-order valence-electron chi connectivity index (χ1n) is 27.6. The number of hydrogen-bond donors (Lipinski definition) is 12. The molecule has 0 saturated carbocycles. The number of rotatable bonds is 21. The van der Waals surface area contributed by atoms with Crippen LogP contribution in [0.2, 0.25) is 0 Å². The smallest absolute Gasteiger partial charge is 0.475 e. The van der Waals surface area contributed by atoms with Crippen LogP contribution in [0.5, 0.6) is 17.2 Å². The molecule has 3 fully saturated rings. The highest BCUT2D eigenvalue weighted by Crippen LogP contribution is 2.52. The third-order valence-electron chi connectivity index (χ3n) is 15.1. The van der Waals surface area contributed by atoms with Gasteiger partial charge in [-0.05, 0) is 36.4 Å². The number of amides is 3. The minimum Gasteiger partial charge on any atom is -0.496 e. The largest absolute Gasteiger partial charge is 0.496 e. The number of H-pyrrole nitrogens is 3. The number of ether oxygens (including phenoxy) is 6. The third-order valence-corrected chi connectivity index (χ3v) is 16.5. The fourth-order valence-corrected chi connectivity index (χ4v) is 11.6. The van der Waals surface area contributed by atoms with Crippen LogP contribution >= 0.6 is 7.82 Å². The third kappa shape index (κ3) is 11.9. The Bertz CT molecular complexity index is 4090. The van der Waals surface area contributed by atoms with E-state index in [-0.39, 0.29) is 85.3 Å². The SMILES string of the molecule is COc1ccccc1C(=O)Nc1nc2c(ncn2[C@@H]2O[C@H](COP(=O)(OC[C@H]3O[C@@H](n4cnc5c(=O)[nH]c(NC(=O)c6ccccc6OC)nc54)[C@H](O)[C@@H]3O)OC[C@H]3O[C@@H](n4cnc5c(=O)[nH]c(NC(=O)c6ccccc6OC)nc54)[C@H](O)[C@@H]3O)[C@@H](O)[C@H]2O)c(=O)[nH]1. The number of benzene rings is 3. The number of anilines is 3. The van der Waals surface area contributed by atoms with Gasteiger partial charge in [0.25, 0.3) is 34.4 Å². The molecular formula is C54H54N15O22P. The first kappa shape index (κ1) is 62.5. The van der Waals surface area contributed by atoms with Gasteiger partial charge < -0.3 is 59.1 Å². The summed E-state index contributed by atoms with van der Waals surface area (Å²) >= 11 is 0. The molecule has 3 amide bonds. The summed E-state index contributed by atoms with van der Waals surface area (Å²) in [5.41, 5.74) is -3.76. The predicted octanol–water partition coefficient (Wildman–Crippen LogP) is -0.816. The van der Waals surface area contributed by atoms with Gasteiger partial charge in [-0.3, -0.25) is 86.9 Å². The lowest BCUT2D eigenvalue weighted by molar-refractivity contribution is -0.0723. The molecule has 12 rings (SSSR count). The van der Waals surface area contributed by atoms with Gasteiger partial charge in [0, 0.05) is 0 Å². The summed E-state index contributed by atoms with van der Waals surface area (Å²) in [6.07, 6.45) is -17.8. The number of aromatic amines is 3. The molecule has 37 nitrogen and oxygen atoms in total. The van der Waals surface area contributed by atoms with Crippen LogP contribution in [0.3, 0.4) is 0 Å². The van der Waals surface area contributed by atoms with Crippen LogP contribution in [0.15, 0.2) is 106 Å². The molecule has 3 aliphatic heterocycles. The lowest BCUT2D eigenvalue weighted by Crippen LogP contribution is -2.35. The molecule has 482 valence electrons. The Morgan fingerprint density at radius 1 is 0.467 bits per heavy atom. The van der Waals surface area contributed by atoms with Crippen molar-refractivity contribution in [3.8, 4) is 17.2 Å². The van der Waals surface area contributed by atoms with Gasteiger partial charge in [-0.25, -0.2) is 19.5 Å². The average molecular weight is 1300 g/mol. The zero-order chi connectivity index (χ0) is 64.9. The first-order chi connectivity index (χ1) is 44.3. The van der Waals surface area contributed by atoms with E-state index in [0.717, 1.165) is 32.7 Å². The summed E-state index contributed by atoms with van der Waals surface area (Å²) in [6.45, 7) is -2.88. The van der Waals surface area contributed by atoms with Crippen molar-refractivity contribution in [1.29, 1.82) is 0 Å². The fourth-order valence-electron chi connectivity index (χ4n) is 10.4. The number of aromatic nitrogens is 12. The standard InChI is InChI=1S/C54H54N15O22P/c1-83-25-13-7-4-10-22(25)43(76)61-52-58-40-31(46(79)64-52)55-19-67(40)49-37(73)34(70)28(89-49)16-86-92(82,87-17-29-35(71)38(74)50(90-29)68-20-56-32-41(68)59-53(65-47(32)80)62-44(77)23-11-5-8-14-26(23)84-2)88-18-30-36(72)39(75)51(91-30)69-21-57-33-42(69)60-54(66-48(33)81)63-45(78)24-12-6-9-15-27(24)85-3/h4-15,19-21,28-30,34-39,49-51,70-75H,16-18H2,1-3H3,(H2,58,61,64,76,79)(H2,59,62,65,77,80)(H2,60,63,66,78,81)/t28-,29-,30-,34-,35-,36-,37-,38-,39-,49-,50-,51-/m1/s1. The second kappa shape index (κ2) is 25.5. The number of imidazole rings is 3. The van der Waals surface area contributed by atoms with Crippen molar-refractivity contribution in [2.24, 2.45) is 0 Å². The molecule has 12 N–H and O–H groups in total. The van der Waals surface area contributed by atoms with Crippen molar-refractivity contribution in [3.05, 3.63) is 140 Å². The molecule has 6 aromatic heterocycles. The van der Waals surface area contributed by atoms with E-state index < -0.39 is 136 Å².